The molecular formula is C27H31Cl2N3O4S. The third kappa shape index (κ3) is 7.37. The fourth-order valence-electron chi connectivity index (χ4n) is 3.89. The molecule has 198 valence electrons. The SMILES string of the molecule is CC(C)CNC(=O)[C@H](C)N(Cc1ccc(Cl)cc1Cl)C(=O)CN(c1cccc2ccccc12)S(C)(=O)=O. The minimum atomic E-state index is -3.85. The molecule has 37 heavy (non-hydrogen) atoms. The van der Waals surface area contributed by atoms with Gasteiger partial charge in [0, 0.05) is 28.5 Å². The van der Waals surface area contributed by atoms with Crippen molar-refractivity contribution in [3.05, 3.63) is 76.3 Å². The molecule has 0 fully saturated rings. The second kappa shape index (κ2) is 12.2. The Balaban J connectivity index is 1.99. The Morgan fingerprint density at radius 3 is 2.30 bits per heavy atom. The summed E-state index contributed by atoms with van der Waals surface area (Å²) in [5.74, 6) is -0.669. The predicted octanol–water partition coefficient (Wildman–Crippen LogP) is 5.10. The van der Waals surface area contributed by atoms with Gasteiger partial charge in [-0.1, -0.05) is 79.5 Å². The highest BCUT2D eigenvalue weighted by Gasteiger charge is 2.31. The monoisotopic (exact) mass is 563 g/mol. The fraction of sp³-hybridized carbons (Fsp3) is 0.333. The smallest absolute Gasteiger partial charge is 0.244 e. The standard InChI is InChI=1S/C27H31Cl2N3O4S/c1-18(2)15-30-27(34)19(3)31(16-21-12-13-22(28)14-24(21)29)26(33)17-32(37(4,35)36)25-11-7-9-20-8-5-6-10-23(20)25/h5-14,18-19H,15-17H2,1-4H3,(H,30,34)/t19-/m0/s1. The Hall–Kier alpha value is -2.81. The first-order valence-electron chi connectivity index (χ1n) is 11.8. The van der Waals surface area contributed by atoms with Crippen molar-refractivity contribution in [2.75, 3.05) is 23.7 Å². The first-order chi connectivity index (χ1) is 17.4. The number of hydrogen-bond acceptors (Lipinski definition) is 4. The number of benzene rings is 3. The second-order valence-corrected chi connectivity index (χ2v) is 12.1. The topological polar surface area (TPSA) is 86.8 Å². The number of nitrogens with zero attached hydrogens (tertiary/aromatic N) is 2. The van der Waals surface area contributed by atoms with Crippen LogP contribution in [0.25, 0.3) is 10.8 Å². The number of nitrogens with one attached hydrogen (secondary N) is 1. The number of hydrogen-bond donors (Lipinski definition) is 1. The summed E-state index contributed by atoms with van der Waals surface area (Å²) >= 11 is 12.4. The highest BCUT2D eigenvalue weighted by atomic mass is 35.5. The van der Waals surface area contributed by atoms with Crippen LogP contribution in [0.15, 0.2) is 60.7 Å². The normalized spacial score (nSPS) is 12.4. The van der Waals surface area contributed by atoms with Gasteiger partial charge in [-0.05, 0) is 42.0 Å². The van der Waals surface area contributed by atoms with E-state index in [4.69, 9.17) is 23.2 Å². The molecule has 0 saturated carbocycles. The van der Waals surface area contributed by atoms with Crippen LogP contribution in [-0.2, 0) is 26.2 Å². The van der Waals surface area contributed by atoms with Crippen molar-refractivity contribution < 1.29 is 18.0 Å². The number of amides is 2. The van der Waals surface area contributed by atoms with Crippen LogP contribution in [0, 0.1) is 5.92 Å². The summed E-state index contributed by atoms with van der Waals surface area (Å²) in [5.41, 5.74) is 0.967. The van der Waals surface area contributed by atoms with Crippen molar-refractivity contribution >= 4 is 61.5 Å². The molecule has 0 aliphatic heterocycles. The molecule has 0 aliphatic carbocycles. The first-order valence-corrected chi connectivity index (χ1v) is 14.5. The number of sulfonamides is 1. The lowest BCUT2D eigenvalue weighted by Gasteiger charge is -2.32. The first kappa shape index (κ1) is 28.8. The van der Waals surface area contributed by atoms with E-state index in [0.29, 0.717) is 33.2 Å². The molecule has 0 aliphatic rings. The lowest BCUT2D eigenvalue weighted by molar-refractivity contribution is -0.139. The molecule has 0 spiro atoms. The van der Waals surface area contributed by atoms with Crippen LogP contribution in [0.3, 0.4) is 0 Å². The summed E-state index contributed by atoms with van der Waals surface area (Å²) < 4.78 is 26.9. The molecule has 0 bridgehead atoms. The van der Waals surface area contributed by atoms with Crippen molar-refractivity contribution in [3.8, 4) is 0 Å². The lowest BCUT2D eigenvalue weighted by Crippen LogP contribution is -2.51. The largest absolute Gasteiger partial charge is 0.354 e. The van der Waals surface area contributed by atoms with Crippen molar-refractivity contribution in [1.82, 2.24) is 10.2 Å². The molecule has 0 aromatic heterocycles. The minimum Gasteiger partial charge on any atom is -0.354 e. The summed E-state index contributed by atoms with van der Waals surface area (Å²) in [4.78, 5) is 28.0. The molecule has 0 radical (unpaired) electrons. The number of fused-ring (bicyclic) bond motifs is 1. The molecule has 10 heteroatoms. The fourth-order valence-corrected chi connectivity index (χ4v) is 5.22. The van der Waals surface area contributed by atoms with E-state index >= 15 is 0 Å². The van der Waals surface area contributed by atoms with Gasteiger partial charge in [-0.2, -0.15) is 0 Å². The summed E-state index contributed by atoms with van der Waals surface area (Å²) in [6.45, 7) is 5.50. The quantitative estimate of drug-likeness (QED) is 0.371. The van der Waals surface area contributed by atoms with Crippen LogP contribution in [0.4, 0.5) is 5.69 Å². The maximum Gasteiger partial charge on any atom is 0.244 e. The molecule has 1 atom stereocenters. The molecule has 3 aromatic rings. The Kier molecular flexibility index (Phi) is 9.45. The molecule has 3 aromatic carbocycles. The highest BCUT2D eigenvalue weighted by molar-refractivity contribution is 7.92. The van der Waals surface area contributed by atoms with Gasteiger partial charge in [-0.25, -0.2) is 8.42 Å². The van der Waals surface area contributed by atoms with E-state index in [9.17, 15) is 18.0 Å². The van der Waals surface area contributed by atoms with Crippen LogP contribution in [0.1, 0.15) is 26.3 Å². The average Bonchev–Trinajstić information content (AvgIpc) is 2.84. The van der Waals surface area contributed by atoms with E-state index in [1.54, 1.807) is 43.3 Å². The molecular weight excluding hydrogens is 533 g/mol. The van der Waals surface area contributed by atoms with Gasteiger partial charge >= 0.3 is 0 Å². The van der Waals surface area contributed by atoms with Crippen LogP contribution < -0.4 is 9.62 Å². The number of halogens is 2. The Labute approximate surface area is 228 Å². The van der Waals surface area contributed by atoms with Crippen LogP contribution in [0.5, 0.6) is 0 Å². The van der Waals surface area contributed by atoms with E-state index < -0.39 is 28.5 Å². The molecule has 0 heterocycles. The zero-order chi connectivity index (χ0) is 27.3. The Morgan fingerprint density at radius 2 is 1.65 bits per heavy atom. The molecule has 7 nitrogen and oxygen atoms in total. The van der Waals surface area contributed by atoms with Crippen molar-refractivity contribution in [2.45, 2.75) is 33.4 Å². The predicted molar refractivity (Wildman–Crippen MR) is 150 cm³/mol. The zero-order valence-electron chi connectivity index (χ0n) is 21.2. The van der Waals surface area contributed by atoms with Gasteiger partial charge in [-0.15, -0.1) is 0 Å². The van der Waals surface area contributed by atoms with E-state index in [2.05, 4.69) is 5.32 Å². The highest BCUT2D eigenvalue weighted by Crippen LogP contribution is 2.29. The molecule has 0 saturated heterocycles. The van der Waals surface area contributed by atoms with E-state index in [1.165, 1.54) is 4.90 Å². The summed E-state index contributed by atoms with van der Waals surface area (Å²) in [7, 11) is -3.85. The van der Waals surface area contributed by atoms with Gasteiger partial charge in [0.1, 0.15) is 12.6 Å². The lowest BCUT2D eigenvalue weighted by atomic mass is 10.1. The maximum absolute atomic E-state index is 13.7. The third-order valence-electron chi connectivity index (χ3n) is 5.92. The minimum absolute atomic E-state index is 0.00175. The second-order valence-electron chi connectivity index (χ2n) is 9.34. The van der Waals surface area contributed by atoms with Gasteiger partial charge in [-0.3, -0.25) is 13.9 Å². The number of rotatable bonds is 10. The molecule has 0 unspecified atom stereocenters. The van der Waals surface area contributed by atoms with Crippen molar-refractivity contribution in [2.24, 2.45) is 5.92 Å². The van der Waals surface area contributed by atoms with Gasteiger partial charge in [0.05, 0.1) is 11.9 Å². The zero-order valence-corrected chi connectivity index (χ0v) is 23.6. The maximum atomic E-state index is 13.7. The average molecular weight is 565 g/mol. The molecule has 2 amide bonds. The molecule has 3 rings (SSSR count). The van der Waals surface area contributed by atoms with Gasteiger partial charge < -0.3 is 10.2 Å². The van der Waals surface area contributed by atoms with Crippen molar-refractivity contribution in [3.63, 3.8) is 0 Å². The third-order valence-corrected chi connectivity index (χ3v) is 7.64. The van der Waals surface area contributed by atoms with Gasteiger partial charge in [0.25, 0.3) is 0 Å². The number of anilines is 1. The molecule has 1 N–H and O–H groups in total. The van der Waals surface area contributed by atoms with Crippen LogP contribution >= 0.6 is 23.2 Å². The summed E-state index contributed by atoms with van der Waals surface area (Å²) in [5, 5.41) is 5.16. The Bertz CT molecular complexity index is 1390. The number of carbonyl (C=O) groups excluding carboxylic acids is 2. The Morgan fingerprint density at radius 1 is 0.973 bits per heavy atom. The summed E-state index contributed by atoms with van der Waals surface area (Å²) in [6.07, 6.45) is 1.06. The van der Waals surface area contributed by atoms with Gasteiger partial charge in [0.2, 0.25) is 21.8 Å². The van der Waals surface area contributed by atoms with Crippen LogP contribution in [0.2, 0.25) is 10.0 Å². The summed E-state index contributed by atoms with van der Waals surface area (Å²) in [6, 6.07) is 16.6. The number of carbonyl (C=O) groups is 2. The van der Waals surface area contributed by atoms with Gasteiger partial charge in [0.15, 0.2) is 0 Å². The van der Waals surface area contributed by atoms with Crippen molar-refractivity contribution in [1.29, 1.82) is 0 Å². The van der Waals surface area contributed by atoms with E-state index in [-0.39, 0.29) is 18.4 Å². The van der Waals surface area contributed by atoms with E-state index in [0.717, 1.165) is 15.9 Å². The van der Waals surface area contributed by atoms with Crippen LogP contribution in [-0.4, -0.2) is 50.5 Å². The van der Waals surface area contributed by atoms with E-state index in [1.807, 2.05) is 38.1 Å².